The van der Waals surface area contributed by atoms with Crippen molar-refractivity contribution in [1.29, 1.82) is 5.26 Å². The summed E-state index contributed by atoms with van der Waals surface area (Å²) in [5.41, 5.74) is -0.248. The van der Waals surface area contributed by atoms with Gasteiger partial charge in [-0.15, -0.1) is 0 Å². The van der Waals surface area contributed by atoms with E-state index in [1.54, 1.807) is 30.3 Å². The fraction of sp³-hybridized carbons (Fsp3) is 0.538. The zero-order valence-electron chi connectivity index (χ0n) is 22.8. The number of carbonyl (C=O) groups excluding carboxylic acids is 1. The molecule has 13 heteroatoms. The number of carbonyl (C=O) groups is 1. The number of amides is 1. The molecular weight excluding hydrogens is 525 g/mol. The topological polar surface area (TPSA) is 148 Å². The van der Waals surface area contributed by atoms with Crippen molar-refractivity contribution in [3.63, 3.8) is 0 Å². The van der Waals surface area contributed by atoms with Crippen LogP contribution in [0.5, 0.6) is 0 Å². The third-order valence-corrected chi connectivity index (χ3v) is 8.12. The number of nitrogens with zero attached hydrogens (tertiary/aromatic N) is 4. The van der Waals surface area contributed by atoms with Gasteiger partial charge in [-0.25, -0.2) is 9.46 Å². The van der Waals surface area contributed by atoms with Crippen LogP contribution >= 0.6 is 8.53 Å². The number of aliphatic hydroxyl groups excluding tert-OH is 1. The number of hydrogen-bond donors (Lipinski definition) is 2. The number of benzene rings is 1. The summed E-state index contributed by atoms with van der Waals surface area (Å²) >= 11 is 0. The Morgan fingerprint density at radius 3 is 2.49 bits per heavy atom. The van der Waals surface area contributed by atoms with Crippen molar-refractivity contribution in [1.82, 2.24) is 14.2 Å². The lowest BCUT2D eigenvalue weighted by molar-refractivity contribution is -0.0624. The number of nitriles is 1. The Hall–Kier alpha value is -2.75. The van der Waals surface area contributed by atoms with Crippen molar-refractivity contribution in [3.05, 3.63) is 58.6 Å². The molecule has 3 rings (SSSR count). The molecule has 1 saturated heterocycles. The van der Waals surface area contributed by atoms with Crippen molar-refractivity contribution >= 4 is 20.3 Å². The van der Waals surface area contributed by atoms with Crippen molar-refractivity contribution < 1.29 is 28.4 Å². The predicted molar refractivity (Wildman–Crippen MR) is 145 cm³/mol. The minimum Gasteiger partial charge on any atom is -0.394 e. The van der Waals surface area contributed by atoms with Crippen LogP contribution in [-0.4, -0.2) is 76.0 Å². The average molecular weight is 562 g/mol. The van der Waals surface area contributed by atoms with Crippen LogP contribution in [0.1, 0.15) is 50.7 Å². The Morgan fingerprint density at radius 2 is 1.92 bits per heavy atom. The fourth-order valence-corrected chi connectivity index (χ4v) is 6.08. The molecule has 0 spiro atoms. The smallest absolute Gasteiger partial charge is 0.351 e. The predicted octanol–water partition coefficient (Wildman–Crippen LogP) is 3.06. The van der Waals surface area contributed by atoms with Gasteiger partial charge in [-0.05, 0) is 45.9 Å². The Morgan fingerprint density at radius 1 is 1.23 bits per heavy atom. The molecule has 2 aromatic rings. The van der Waals surface area contributed by atoms with Crippen LogP contribution in [0.3, 0.4) is 0 Å². The van der Waals surface area contributed by atoms with Gasteiger partial charge in [0.1, 0.15) is 24.1 Å². The summed E-state index contributed by atoms with van der Waals surface area (Å²) in [7, 11) is -0.199. The van der Waals surface area contributed by atoms with Gasteiger partial charge in [0, 0.05) is 31.0 Å². The summed E-state index contributed by atoms with van der Waals surface area (Å²) in [5, 5.41) is 21.7. The van der Waals surface area contributed by atoms with Crippen molar-refractivity contribution in [2.45, 2.75) is 70.7 Å². The summed E-state index contributed by atoms with van der Waals surface area (Å²) in [5.74, 6) is -0.312. The lowest BCUT2D eigenvalue weighted by atomic mass is 10.1. The van der Waals surface area contributed by atoms with Crippen molar-refractivity contribution in [3.8, 4) is 6.07 Å². The second kappa shape index (κ2) is 14.6. The second-order valence-electron chi connectivity index (χ2n) is 9.39. The van der Waals surface area contributed by atoms with Gasteiger partial charge in [0.05, 0.1) is 25.7 Å². The SMILES string of the molecule is COC1C(OP(OCCC#N)N(C(C)C)C(C)C)C(CO)OC1n1ccc(NC(=O)c2ccccc2)nc1=O. The molecule has 5 atom stereocenters. The van der Waals surface area contributed by atoms with Crippen LogP contribution in [0.15, 0.2) is 47.4 Å². The van der Waals surface area contributed by atoms with Gasteiger partial charge < -0.3 is 28.9 Å². The van der Waals surface area contributed by atoms with Crippen LogP contribution in [0, 0.1) is 11.3 Å². The number of aromatic nitrogens is 2. The van der Waals surface area contributed by atoms with Crippen LogP contribution in [0.25, 0.3) is 0 Å². The van der Waals surface area contributed by atoms with Crippen LogP contribution < -0.4 is 11.0 Å². The average Bonchev–Trinajstić information content (AvgIpc) is 3.25. The maximum Gasteiger partial charge on any atom is 0.351 e. The monoisotopic (exact) mass is 561 g/mol. The fourth-order valence-electron chi connectivity index (χ4n) is 4.31. The molecule has 0 saturated carbocycles. The quantitative estimate of drug-likeness (QED) is 0.276. The molecule has 1 aliphatic rings. The maximum atomic E-state index is 13.0. The van der Waals surface area contributed by atoms with E-state index in [0.29, 0.717) is 5.56 Å². The standard InChI is InChI=1S/C26H36N5O7P/c1-17(2)31(18(3)4)39(36-15-9-13-27)38-22-20(16-32)37-25(23(22)35-5)30-14-12-21(29-26(30)34)28-24(33)19-10-7-6-8-11-19/h6-8,10-12,14,17-18,20,22-23,25,32H,9,15-16H2,1-5H3,(H,28,29,33,34). The van der Waals surface area contributed by atoms with E-state index >= 15 is 0 Å². The highest BCUT2D eigenvalue weighted by Gasteiger charge is 2.49. The number of anilines is 1. The lowest BCUT2D eigenvalue weighted by Crippen LogP contribution is -2.41. The molecule has 5 unspecified atom stereocenters. The van der Waals surface area contributed by atoms with Gasteiger partial charge in [0.25, 0.3) is 14.4 Å². The third-order valence-electron chi connectivity index (χ3n) is 5.99. The number of nitrogens with one attached hydrogen (secondary N) is 1. The molecule has 212 valence electrons. The molecule has 1 aliphatic heterocycles. The number of methoxy groups -OCH3 is 1. The third kappa shape index (κ3) is 7.68. The number of hydrogen-bond acceptors (Lipinski definition) is 10. The van der Waals surface area contributed by atoms with E-state index in [4.69, 9.17) is 23.8 Å². The van der Waals surface area contributed by atoms with Crippen LogP contribution in [0.4, 0.5) is 5.82 Å². The maximum absolute atomic E-state index is 13.0. The minimum absolute atomic E-state index is 0.0651. The van der Waals surface area contributed by atoms with Gasteiger partial charge in [-0.1, -0.05) is 18.2 Å². The summed E-state index contributed by atoms with van der Waals surface area (Å²) in [6.45, 7) is 7.85. The molecule has 2 N–H and O–H groups in total. The zero-order chi connectivity index (χ0) is 28.5. The molecule has 12 nitrogen and oxygen atoms in total. The van der Waals surface area contributed by atoms with E-state index in [2.05, 4.69) is 21.0 Å². The zero-order valence-corrected chi connectivity index (χ0v) is 23.7. The van der Waals surface area contributed by atoms with Gasteiger partial charge in [0.2, 0.25) is 0 Å². The molecule has 39 heavy (non-hydrogen) atoms. The van der Waals surface area contributed by atoms with Crippen LogP contribution in [0.2, 0.25) is 0 Å². The Balaban J connectivity index is 1.84. The molecular formula is C26H36N5O7P. The van der Waals surface area contributed by atoms with E-state index in [1.807, 2.05) is 27.7 Å². The van der Waals surface area contributed by atoms with Gasteiger partial charge in [-0.3, -0.25) is 9.36 Å². The normalized spacial score (nSPS) is 21.8. The molecule has 1 aromatic carbocycles. The minimum atomic E-state index is -1.66. The number of rotatable bonds is 13. The highest BCUT2D eigenvalue weighted by molar-refractivity contribution is 7.44. The first-order valence-electron chi connectivity index (χ1n) is 12.7. The first kappa shape index (κ1) is 30.8. The molecule has 1 amide bonds. The van der Waals surface area contributed by atoms with E-state index < -0.39 is 44.7 Å². The first-order valence-corrected chi connectivity index (χ1v) is 13.8. The summed E-state index contributed by atoms with van der Waals surface area (Å²) in [4.78, 5) is 29.4. The highest BCUT2D eigenvalue weighted by Crippen LogP contribution is 2.50. The van der Waals surface area contributed by atoms with Crippen molar-refractivity contribution in [2.75, 3.05) is 25.6 Å². The molecule has 0 bridgehead atoms. The van der Waals surface area contributed by atoms with E-state index in [-0.39, 0.29) is 37.5 Å². The van der Waals surface area contributed by atoms with Crippen molar-refractivity contribution in [2.24, 2.45) is 0 Å². The van der Waals surface area contributed by atoms with Gasteiger partial charge in [-0.2, -0.15) is 10.2 Å². The second-order valence-corrected chi connectivity index (χ2v) is 10.8. The Labute approximate surface area is 229 Å². The Kier molecular flexibility index (Phi) is 11.5. The molecule has 1 aromatic heterocycles. The largest absolute Gasteiger partial charge is 0.394 e. The van der Waals surface area contributed by atoms with E-state index in [9.17, 15) is 14.7 Å². The number of aliphatic hydroxyl groups is 1. The summed E-state index contributed by atoms with van der Waals surface area (Å²) < 4.78 is 27.5. The molecule has 0 aliphatic carbocycles. The van der Waals surface area contributed by atoms with E-state index in [1.165, 1.54) is 23.9 Å². The van der Waals surface area contributed by atoms with Gasteiger partial charge in [0.15, 0.2) is 6.23 Å². The first-order chi connectivity index (χ1) is 18.7. The highest BCUT2D eigenvalue weighted by atomic mass is 31.2. The summed E-state index contributed by atoms with van der Waals surface area (Å²) in [6, 6.07) is 12.3. The molecule has 2 heterocycles. The Bertz CT molecular complexity index is 1170. The molecule has 0 radical (unpaired) electrons. The van der Waals surface area contributed by atoms with E-state index in [0.717, 1.165) is 0 Å². The molecule has 1 fully saturated rings. The summed E-state index contributed by atoms with van der Waals surface area (Å²) in [6.07, 6.45) is -1.72. The lowest BCUT2D eigenvalue weighted by Gasteiger charge is -2.38. The van der Waals surface area contributed by atoms with Gasteiger partial charge >= 0.3 is 5.69 Å². The number of ether oxygens (including phenoxy) is 2. The van der Waals surface area contributed by atoms with Crippen LogP contribution in [-0.2, 0) is 18.5 Å².